The van der Waals surface area contributed by atoms with Crippen LogP contribution >= 0.6 is 0 Å². The third-order valence-corrected chi connectivity index (χ3v) is 3.55. The number of aryl methyl sites for hydroxylation is 1. The van der Waals surface area contributed by atoms with Crippen LogP contribution in [0, 0.1) is 12.8 Å². The van der Waals surface area contributed by atoms with Crippen molar-refractivity contribution >= 4 is 5.69 Å². The fourth-order valence-corrected chi connectivity index (χ4v) is 2.40. The van der Waals surface area contributed by atoms with Gasteiger partial charge in [-0.2, -0.15) is 0 Å². The van der Waals surface area contributed by atoms with Crippen LogP contribution in [0.1, 0.15) is 18.4 Å². The molecule has 0 spiro atoms. The highest BCUT2D eigenvalue weighted by molar-refractivity contribution is 5.60. The number of benzene rings is 1. The van der Waals surface area contributed by atoms with E-state index < -0.39 is 0 Å². The summed E-state index contributed by atoms with van der Waals surface area (Å²) in [6.45, 7) is 4.43. The summed E-state index contributed by atoms with van der Waals surface area (Å²) in [6, 6.07) is 6.28. The second-order valence-corrected chi connectivity index (χ2v) is 4.79. The Kier molecular flexibility index (Phi) is 3.89. The maximum Gasteiger partial charge on any atom is 0.142 e. The number of piperidine rings is 1. The van der Waals surface area contributed by atoms with E-state index in [0.29, 0.717) is 12.5 Å². The number of methoxy groups -OCH3 is 1. The van der Waals surface area contributed by atoms with Crippen LogP contribution in [0.3, 0.4) is 0 Å². The zero-order valence-corrected chi connectivity index (χ0v) is 10.6. The van der Waals surface area contributed by atoms with Crippen LogP contribution in [0.15, 0.2) is 18.2 Å². The SMILES string of the molecule is COc1ccc(C)cc1N1CCC(CO)CC1. The van der Waals surface area contributed by atoms with Crippen molar-refractivity contribution in [3.8, 4) is 5.75 Å². The first kappa shape index (κ1) is 12.2. The Morgan fingerprint density at radius 1 is 1.35 bits per heavy atom. The number of ether oxygens (including phenoxy) is 1. The van der Waals surface area contributed by atoms with Gasteiger partial charge in [-0.1, -0.05) is 6.07 Å². The third kappa shape index (κ3) is 2.72. The van der Waals surface area contributed by atoms with Crippen LogP contribution in [-0.2, 0) is 0 Å². The number of aliphatic hydroxyl groups excluding tert-OH is 1. The highest BCUT2D eigenvalue weighted by atomic mass is 16.5. The molecule has 0 unspecified atom stereocenters. The molecule has 0 bridgehead atoms. The average Bonchev–Trinajstić information content (AvgIpc) is 2.39. The fraction of sp³-hybridized carbons (Fsp3) is 0.571. The summed E-state index contributed by atoms with van der Waals surface area (Å²) < 4.78 is 5.42. The molecule has 1 aliphatic rings. The van der Waals surface area contributed by atoms with Gasteiger partial charge in [-0.3, -0.25) is 0 Å². The molecule has 17 heavy (non-hydrogen) atoms. The van der Waals surface area contributed by atoms with E-state index in [4.69, 9.17) is 9.84 Å². The molecule has 1 aliphatic heterocycles. The number of aliphatic hydroxyl groups is 1. The first-order valence-corrected chi connectivity index (χ1v) is 6.25. The lowest BCUT2D eigenvalue weighted by Gasteiger charge is -2.33. The Bertz CT molecular complexity index is 370. The van der Waals surface area contributed by atoms with Gasteiger partial charge in [0.1, 0.15) is 5.75 Å². The Morgan fingerprint density at radius 2 is 2.06 bits per heavy atom. The van der Waals surface area contributed by atoms with E-state index in [1.54, 1.807) is 7.11 Å². The molecule has 0 radical (unpaired) electrons. The van der Waals surface area contributed by atoms with Gasteiger partial charge in [0, 0.05) is 19.7 Å². The van der Waals surface area contributed by atoms with E-state index >= 15 is 0 Å². The summed E-state index contributed by atoms with van der Waals surface area (Å²) in [5.41, 5.74) is 2.44. The van der Waals surface area contributed by atoms with E-state index in [-0.39, 0.29) is 0 Å². The molecule has 1 fully saturated rings. The molecule has 0 saturated carbocycles. The summed E-state index contributed by atoms with van der Waals surface area (Å²) in [7, 11) is 1.72. The van der Waals surface area contributed by atoms with Crippen LogP contribution < -0.4 is 9.64 Å². The molecule has 2 rings (SSSR count). The predicted molar refractivity (Wildman–Crippen MR) is 69.8 cm³/mol. The summed E-state index contributed by atoms with van der Waals surface area (Å²) in [6.07, 6.45) is 2.13. The number of nitrogens with zero attached hydrogens (tertiary/aromatic N) is 1. The molecule has 1 aromatic carbocycles. The zero-order valence-electron chi connectivity index (χ0n) is 10.6. The summed E-state index contributed by atoms with van der Waals surface area (Å²) >= 11 is 0. The molecule has 1 N–H and O–H groups in total. The molecular formula is C14H21NO2. The van der Waals surface area contributed by atoms with Crippen molar-refractivity contribution in [2.75, 3.05) is 31.7 Å². The topological polar surface area (TPSA) is 32.7 Å². The minimum Gasteiger partial charge on any atom is -0.495 e. The lowest BCUT2D eigenvalue weighted by atomic mass is 9.97. The van der Waals surface area contributed by atoms with Crippen molar-refractivity contribution in [1.82, 2.24) is 0 Å². The van der Waals surface area contributed by atoms with Gasteiger partial charge in [-0.25, -0.2) is 0 Å². The molecule has 1 heterocycles. The van der Waals surface area contributed by atoms with Gasteiger partial charge >= 0.3 is 0 Å². The van der Waals surface area contributed by atoms with E-state index in [9.17, 15) is 0 Å². The first-order chi connectivity index (χ1) is 8.24. The minimum absolute atomic E-state index is 0.318. The second-order valence-electron chi connectivity index (χ2n) is 4.79. The number of hydrogen-bond donors (Lipinski definition) is 1. The molecule has 0 aliphatic carbocycles. The predicted octanol–water partition coefficient (Wildman–Crippen LogP) is 2.21. The van der Waals surface area contributed by atoms with Crippen molar-refractivity contribution in [3.05, 3.63) is 23.8 Å². The molecule has 0 aromatic heterocycles. The van der Waals surface area contributed by atoms with E-state index in [0.717, 1.165) is 31.7 Å². The van der Waals surface area contributed by atoms with Crippen LogP contribution in [0.4, 0.5) is 5.69 Å². The van der Waals surface area contributed by atoms with Gasteiger partial charge in [0.15, 0.2) is 0 Å². The lowest BCUT2D eigenvalue weighted by Crippen LogP contribution is -2.34. The van der Waals surface area contributed by atoms with Gasteiger partial charge in [0.25, 0.3) is 0 Å². The van der Waals surface area contributed by atoms with Crippen LogP contribution in [0.2, 0.25) is 0 Å². The lowest BCUT2D eigenvalue weighted by molar-refractivity contribution is 0.203. The quantitative estimate of drug-likeness (QED) is 0.872. The molecule has 3 heteroatoms. The minimum atomic E-state index is 0.318. The number of hydrogen-bond acceptors (Lipinski definition) is 3. The maximum atomic E-state index is 9.15. The van der Waals surface area contributed by atoms with Crippen LogP contribution in [0.25, 0.3) is 0 Å². The number of rotatable bonds is 3. The summed E-state index contributed by atoms with van der Waals surface area (Å²) in [5, 5.41) is 9.15. The normalized spacial score (nSPS) is 17.2. The highest BCUT2D eigenvalue weighted by Crippen LogP contribution is 2.32. The Balaban J connectivity index is 2.14. The molecule has 94 valence electrons. The van der Waals surface area contributed by atoms with Gasteiger partial charge in [-0.05, 0) is 43.4 Å². The molecule has 1 aromatic rings. The van der Waals surface area contributed by atoms with Crippen LogP contribution in [-0.4, -0.2) is 31.9 Å². The second kappa shape index (κ2) is 5.41. The molecule has 3 nitrogen and oxygen atoms in total. The van der Waals surface area contributed by atoms with Crippen LogP contribution in [0.5, 0.6) is 5.75 Å². The largest absolute Gasteiger partial charge is 0.495 e. The van der Waals surface area contributed by atoms with Crippen molar-refractivity contribution in [2.45, 2.75) is 19.8 Å². The van der Waals surface area contributed by atoms with Gasteiger partial charge < -0.3 is 14.7 Å². The van der Waals surface area contributed by atoms with E-state index in [1.165, 1.54) is 11.3 Å². The monoisotopic (exact) mass is 235 g/mol. The summed E-state index contributed by atoms with van der Waals surface area (Å²) in [5.74, 6) is 1.42. The molecule has 0 amide bonds. The Labute approximate surface area is 103 Å². The van der Waals surface area contributed by atoms with E-state index in [1.807, 2.05) is 6.07 Å². The smallest absolute Gasteiger partial charge is 0.142 e. The maximum absolute atomic E-state index is 9.15. The van der Waals surface area contributed by atoms with E-state index in [2.05, 4.69) is 24.0 Å². The van der Waals surface area contributed by atoms with Crippen molar-refractivity contribution in [3.63, 3.8) is 0 Å². The molecule has 0 atom stereocenters. The third-order valence-electron chi connectivity index (χ3n) is 3.55. The van der Waals surface area contributed by atoms with Gasteiger partial charge in [0.2, 0.25) is 0 Å². The molecular weight excluding hydrogens is 214 g/mol. The fourth-order valence-electron chi connectivity index (χ4n) is 2.40. The number of anilines is 1. The first-order valence-electron chi connectivity index (χ1n) is 6.25. The van der Waals surface area contributed by atoms with Crippen molar-refractivity contribution in [1.29, 1.82) is 0 Å². The van der Waals surface area contributed by atoms with Gasteiger partial charge in [0.05, 0.1) is 12.8 Å². The zero-order chi connectivity index (χ0) is 12.3. The molecule has 1 saturated heterocycles. The van der Waals surface area contributed by atoms with Gasteiger partial charge in [-0.15, -0.1) is 0 Å². The Morgan fingerprint density at radius 3 is 2.65 bits per heavy atom. The van der Waals surface area contributed by atoms with Crippen molar-refractivity contribution < 1.29 is 9.84 Å². The van der Waals surface area contributed by atoms with Crippen molar-refractivity contribution in [2.24, 2.45) is 5.92 Å². The highest BCUT2D eigenvalue weighted by Gasteiger charge is 2.20. The Hall–Kier alpha value is -1.22. The average molecular weight is 235 g/mol. The summed E-state index contributed by atoms with van der Waals surface area (Å²) in [4.78, 5) is 2.36. The standard InChI is InChI=1S/C14H21NO2/c1-11-3-4-14(17-2)13(9-11)15-7-5-12(10-16)6-8-15/h3-4,9,12,16H,5-8,10H2,1-2H3.